The first-order chi connectivity index (χ1) is 7.40. The van der Waals surface area contributed by atoms with E-state index in [1.54, 1.807) is 24.3 Å². The van der Waals surface area contributed by atoms with Gasteiger partial charge in [-0.2, -0.15) is 13.7 Å². The Morgan fingerprint density at radius 3 is 2.38 bits per heavy atom. The van der Waals surface area contributed by atoms with E-state index in [4.69, 9.17) is 15.5 Å². The normalized spacial score (nSPS) is 13.1. The van der Waals surface area contributed by atoms with Crippen LogP contribution in [-0.2, 0) is 16.5 Å². The monoisotopic (exact) mass is 240 g/mol. The Morgan fingerprint density at radius 2 is 1.94 bits per heavy atom. The van der Waals surface area contributed by atoms with Gasteiger partial charge in [-0.1, -0.05) is 12.1 Å². The standard InChI is InChI=1S/C10H12N2O3S/c11-6-9-3-1-8(2-4-9)5-10(12)7-16(13,14)15/h1-4,10H,5,7,12H2,(H,13,14,15)/t10-/m1/s1. The second-order valence-electron chi connectivity index (χ2n) is 3.52. The summed E-state index contributed by atoms with van der Waals surface area (Å²) in [6, 6.07) is 8.02. The van der Waals surface area contributed by atoms with Crippen LogP contribution in [0.5, 0.6) is 0 Å². The van der Waals surface area contributed by atoms with Crippen molar-refractivity contribution < 1.29 is 13.0 Å². The van der Waals surface area contributed by atoms with E-state index < -0.39 is 21.9 Å². The molecule has 5 nitrogen and oxygen atoms in total. The average molecular weight is 240 g/mol. The second kappa shape index (κ2) is 5.07. The fourth-order valence-electron chi connectivity index (χ4n) is 1.35. The quantitative estimate of drug-likeness (QED) is 0.737. The predicted octanol–water partition coefficient (Wildman–Crippen LogP) is 0.316. The van der Waals surface area contributed by atoms with Crippen LogP contribution in [0.2, 0.25) is 0 Å². The number of hydrogen-bond acceptors (Lipinski definition) is 4. The molecule has 0 heterocycles. The smallest absolute Gasteiger partial charge is 0.266 e. The van der Waals surface area contributed by atoms with Gasteiger partial charge in [-0.3, -0.25) is 4.55 Å². The average Bonchev–Trinajstić information content (AvgIpc) is 2.16. The Kier molecular flexibility index (Phi) is 4.01. The van der Waals surface area contributed by atoms with Crippen LogP contribution < -0.4 is 5.73 Å². The van der Waals surface area contributed by atoms with E-state index in [1.165, 1.54) is 0 Å². The van der Waals surface area contributed by atoms with Crippen molar-refractivity contribution >= 4 is 10.1 Å². The van der Waals surface area contributed by atoms with Gasteiger partial charge in [0.1, 0.15) is 0 Å². The summed E-state index contributed by atoms with van der Waals surface area (Å²) in [5.41, 5.74) is 6.92. The van der Waals surface area contributed by atoms with Gasteiger partial charge in [-0.15, -0.1) is 0 Å². The summed E-state index contributed by atoms with van der Waals surface area (Å²) in [4.78, 5) is 0. The lowest BCUT2D eigenvalue weighted by molar-refractivity contribution is 0.476. The molecule has 1 aromatic carbocycles. The summed E-state index contributed by atoms with van der Waals surface area (Å²) in [7, 11) is -4.03. The molecule has 1 aromatic rings. The summed E-state index contributed by atoms with van der Waals surface area (Å²) >= 11 is 0. The lowest BCUT2D eigenvalue weighted by Gasteiger charge is -2.09. The SMILES string of the molecule is N#Cc1ccc(C[C@@H](N)CS(=O)(=O)O)cc1. The van der Waals surface area contributed by atoms with E-state index in [0.29, 0.717) is 12.0 Å². The molecule has 0 amide bonds. The van der Waals surface area contributed by atoms with Gasteiger partial charge in [-0.05, 0) is 24.1 Å². The first-order valence-corrected chi connectivity index (χ1v) is 6.21. The lowest BCUT2D eigenvalue weighted by atomic mass is 10.1. The molecule has 0 unspecified atom stereocenters. The zero-order chi connectivity index (χ0) is 12.2. The van der Waals surface area contributed by atoms with E-state index >= 15 is 0 Å². The molecule has 0 radical (unpaired) electrons. The van der Waals surface area contributed by atoms with Crippen molar-refractivity contribution in [1.29, 1.82) is 5.26 Å². The Labute approximate surface area is 94.3 Å². The zero-order valence-corrected chi connectivity index (χ0v) is 9.31. The van der Waals surface area contributed by atoms with Crippen molar-refractivity contribution in [2.24, 2.45) is 5.73 Å². The van der Waals surface area contributed by atoms with Crippen LogP contribution in [0.4, 0.5) is 0 Å². The zero-order valence-electron chi connectivity index (χ0n) is 8.50. The first kappa shape index (κ1) is 12.6. The Balaban J connectivity index is 2.64. The molecule has 3 N–H and O–H groups in total. The van der Waals surface area contributed by atoms with Gasteiger partial charge in [0, 0.05) is 6.04 Å². The number of nitrogens with zero attached hydrogens (tertiary/aromatic N) is 1. The molecular weight excluding hydrogens is 228 g/mol. The Morgan fingerprint density at radius 1 is 1.38 bits per heavy atom. The van der Waals surface area contributed by atoms with Gasteiger partial charge in [0.15, 0.2) is 0 Å². The van der Waals surface area contributed by atoms with Crippen LogP contribution in [-0.4, -0.2) is 24.8 Å². The van der Waals surface area contributed by atoms with E-state index in [-0.39, 0.29) is 0 Å². The van der Waals surface area contributed by atoms with Gasteiger partial charge in [0.25, 0.3) is 10.1 Å². The first-order valence-electron chi connectivity index (χ1n) is 4.60. The van der Waals surface area contributed by atoms with E-state index in [9.17, 15) is 8.42 Å². The maximum absolute atomic E-state index is 10.6. The third-order valence-corrected chi connectivity index (χ3v) is 2.86. The van der Waals surface area contributed by atoms with Crippen molar-refractivity contribution in [2.45, 2.75) is 12.5 Å². The van der Waals surface area contributed by atoms with Crippen molar-refractivity contribution in [1.82, 2.24) is 0 Å². The molecule has 0 aliphatic rings. The molecule has 0 aliphatic carbocycles. The second-order valence-corrected chi connectivity index (χ2v) is 5.02. The topological polar surface area (TPSA) is 104 Å². The predicted molar refractivity (Wildman–Crippen MR) is 59.3 cm³/mol. The summed E-state index contributed by atoms with van der Waals surface area (Å²) in [5, 5.41) is 8.58. The summed E-state index contributed by atoms with van der Waals surface area (Å²) < 4.78 is 29.7. The van der Waals surface area contributed by atoms with Crippen LogP contribution in [0.1, 0.15) is 11.1 Å². The number of hydrogen-bond donors (Lipinski definition) is 2. The summed E-state index contributed by atoms with van der Waals surface area (Å²) in [5.74, 6) is -0.465. The molecule has 0 bridgehead atoms. The van der Waals surface area contributed by atoms with Crippen molar-refractivity contribution in [2.75, 3.05) is 5.75 Å². The third-order valence-electron chi connectivity index (χ3n) is 2.01. The highest BCUT2D eigenvalue weighted by Gasteiger charge is 2.13. The van der Waals surface area contributed by atoms with Gasteiger partial charge in [-0.25, -0.2) is 0 Å². The molecule has 0 fully saturated rings. The largest absolute Gasteiger partial charge is 0.326 e. The Bertz CT molecular complexity index is 488. The molecule has 6 heteroatoms. The molecule has 1 rings (SSSR count). The summed E-state index contributed by atoms with van der Waals surface area (Å²) in [6.45, 7) is 0. The number of nitrogens with two attached hydrogens (primary N) is 1. The van der Waals surface area contributed by atoms with Gasteiger partial charge >= 0.3 is 0 Å². The minimum atomic E-state index is -4.03. The minimum Gasteiger partial charge on any atom is -0.326 e. The van der Waals surface area contributed by atoms with Crippen LogP contribution in [0, 0.1) is 11.3 Å². The van der Waals surface area contributed by atoms with E-state index in [2.05, 4.69) is 0 Å². The molecule has 0 aromatic heterocycles. The molecule has 16 heavy (non-hydrogen) atoms. The molecule has 0 spiro atoms. The fourth-order valence-corrected chi connectivity index (χ4v) is 2.01. The molecule has 86 valence electrons. The van der Waals surface area contributed by atoms with E-state index in [1.807, 2.05) is 6.07 Å². The maximum atomic E-state index is 10.6. The van der Waals surface area contributed by atoms with Crippen LogP contribution in [0.3, 0.4) is 0 Å². The van der Waals surface area contributed by atoms with Crippen molar-refractivity contribution in [3.63, 3.8) is 0 Å². The fraction of sp³-hybridized carbons (Fsp3) is 0.300. The highest BCUT2D eigenvalue weighted by molar-refractivity contribution is 7.85. The van der Waals surface area contributed by atoms with Gasteiger partial charge in [0.05, 0.1) is 17.4 Å². The van der Waals surface area contributed by atoms with Crippen molar-refractivity contribution in [3.05, 3.63) is 35.4 Å². The Hall–Kier alpha value is -1.42. The molecular formula is C10H12N2O3S. The molecule has 0 aliphatic heterocycles. The van der Waals surface area contributed by atoms with Gasteiger partial charge < -0.3 is 5.73 Å². The minimum absolute atomic E-state index is 0.339. The molecule has 0 saturated heterocycles. The number of nitriles is 1. The van der Waals surface area contributed by atoms with E-state index in [0.717, 1.165) is 5.56 Å². The van der Waals surface area contributed by atoms with Crippen molar-refractivity contribution in [3.8, 4) is 6.07 Å². The third kappa shape index (κ3) is 4.40. The summed E-state index contributed by atoms with van der Waals surface area (Å²) in [6.07, 6.45) is 0.339. The highest BCUT2D eigenvalue weighted by atomic mass is 32.2. The maximum Gasteiger partial charge on any atom is 0.266 e. The van der Waals surface area contributed by atoms with Crippen LogP contribution in [0.15, 0.2) is 24.3 Å². The lowest BCUT2D eigenvalue weighted by Crippen LogP contribution is -2.31. The number of benzene rings is 1. The molecule has 0 saturated carbocycles. The highest BCUT2D eigenvalue weighted by Crippen LogP contribution is 2.06. The van der Waals surface area contributed by atoms with Gasteiger partial charge in [0.2, 0.25) is 0 Å². The molecule has 1 atom stereocenters. The van der Waals surface area contributed by atoms with Crippen LogP contribution in [0.25, 0.3) is 0 Å². The number of rotatable bonds is 4. The van der Waals surface area contributed by atoms with Crippen LogP contribution >= 0.6 is 0 Å².